The number of morpholine rings is 1. The molecular formula is C30H37FN4O3. The van der Waals surface area contributed by atoms with Crippen molar-refractivity contribution in [3.63, 3.8) is 0 Å². The summed E-state index contributed by atoms with van der Waals surface area (Å²) in [6.45, 7) is 6.34. The van der Waals surface area contributed by atoms with Crippen molar-refractivity contribution in [3.8, 4) is 0 Å². The fourth-order valence-electron chi connectivity index (χ4n) is 5.63. The molecule has 1 atom stereocenters. The maximum atomic E-state index is 13.8. The molecule has 0 radical (unpaired) electrons. The predicted molar refractivity (Wildman–Crippen MR) is 144 cm³/mol. The minimum absolute atomic E-state index is 0.00221. The van der Waals surface area contributed by atoms with Gasteiger partial charge in [0.15, 0.2) is 0 Å². The van der Waals surface area contributed by atoms with Crippen LogP contribution in [0.1, 0.15) is 54.8 Å². The first-order valence-corrected chi connectivity index (χ1v) is 13.8. The smallest absolute Gasteiger partial charge is 0.262 e. The standard InChI is InChI=1S/C30H37FN4O3/c1-22-6-8-24(9-7-22)28-20-27(23-10-12-26(31)13-11-23)32-35(28)29(36)21-34(30(37)25-4-2-3-5-25)15-14-33-16-18-38-19-17-33/h6-13,25,28H,2-5,14-21H2,1H3/t28-/m0/s1. The number of ether oxygens (including phenoxy) is 1. The molecule has 202 valence electrons. The van der Waals surface area contributed by atoms with Crippen LogP contribution in [0, 0.1) is 18.7 Å². The molecule has 1 saturated heterocycles. The second-order valence-corrected chi connectivity index (χ2v) is 10.6. The number of hydrogen-bond donors (Lipinski definition) is 0. The Bertz CT molecular complexity index is 1140. The molecule has 0 aromatic heterocycles. The third-order valence-electron chi connectivity index (χ3n) is 7.94. The Labute approximate surface area is 224 Å². The largest absolute Gasteiger partial charge is 0.379 e. The van der Waals surface area contributed by atoms with E-state index < -0.39 is 0 Å². The summed E-state index contributed by atoms with van der Waals surface area (Å²) in [7, 11) is 0. The summed E-state index contributed by atoms with van der Waals surface area (Å²) in [6.07, 6.45) is 4.45. The highest BCUT2D eigenvalue weighted by Crippen LogP contribution is 2.33. The molecule has 2 aliphatic heterocycles. The zero-order valence-corrected chi connectivity index (χ0v) is 22.2. The molecule has 0 N–H and O–H groups in total. The third kappa shape index (κ3) is 6.30. The minimum atomic E-state index is -0.309. The van der Waals surface area contributed by atoms with E-state index in [2.05, 4.69) is 4.90 Å². The van der Waals surface area contributed by atoms with E-state index in [0.717, 1.165) is 67.7 Å². The van der Waals surface area contributed by atoms with Gasteiger partial charge in [-0.05, 0) is 43.0 Å². The van der Waals surface area contributed by atoms with Gasteiger partial charge in [0.1, 0.15) is 12.4 Å². The Hall–Kier alpha value is -3.10. The lowest BCUT2D eigenvalue weighted by Crippen LogP contribution is -2.47. The molecule has 2 aromatic carbocycles. The molecule has 1 aliphatic carbocycles. The van der Waals surface area contributed by atoms with Gasteiger partial charge in [0.25, 0.3) is 5.91 Å². The predicted octanol–water partition coefficient (Wildman–Crippen LogP) is 4.16. The maximum absolute atomic E-state index is 13.8. The molecule has 8 heteroatoms. The Morgan fingerprint density at radius 2 is 1.71 bits per heavy atom. The number of nitrogens with zero attached hydrogens (tertiary/aromatic N) is 4. The average molecular weight is 521 g/mol. The van der Waals surface area contributed by atoms with Crippen molar-refractivity contribution in [2.24, 2.45) is 11.0 Å². The van der Waals surface area contributed by atoms with E-state index in [1.165, 1.54) is 12.1 Å². The molecule has 3 aliphatic rings. The highest BCUT2D eigenvalue weighted by atomic mass is 19.1. The summed E-state index contributed by atoms with van der Waals surface area (Å²) in [5.74, 6) is -0.423. The quantitative estimate of drug-likeness (QED) is 0.524. The molecule has 0 unspecified atom stereocenters. The molecule has 7 nitrogen and oxygen atoms in total. The highest BCUT2D eigenvalue weighted by Gasteiger charge is 2.36. The number of carbonyl (C=O) groups is 2. The SMILES string of the molecule is Cc1ccc([C@@H]2CC(c3ccc(F)cc3)=NN2C(=O)CN(CCN2CCOCC2)C(=O)C2CCCC2)cc1. The molecule has 2 heterocycles. The number of hydrogen-bond acceptors (Lipinski definition) is 5. The lowest BCUT2D eigenvalue weighted by atomic mass is 9.97. The van der Waals surface area contributed by atoms with E-state index in [1.807, 2.05) is 31.2 Å². The van der Waals surface area contributed by atoms with Crippen LogP contribution in [0.5, 0.6) is 0 Å². The maximum Gasteiger partial charge on any atom is 0.262 e. The fourth-order valence-corrected chi connectivity index (χ4v) is 5.63. The van der Waals surface area contributed by atoms with Crippen LogP contribution in [0.3, 0.4) is 0 Å². The third-order valence-corrected chi connectivity index (χ3v) is 7.94. The number of aryl methyl sites for hydroxylation is 1. The van der Waals surface area contributed by atoms with Gasteiger partial charge in [-0.25, -0.2) is 9.40 Å². The topological polar surface area (TPSA) is 65.5 Å². The Kier molecular flexibility index (Phi) is 8.49. The lowest BCUT2D eigenvalue weighted by Gasteiger charge is -2.32. The summed E-state index contributed by atoms with van der Waals surface area (Å²) in [6, 6.07) is 14.1. The number of hydrazone groups is 1. The van der Waals surface area contributed by atoms with Crippen molar-refractivity contribution in [1.29, 1.82) is 0 Å². The van der Waals surface area contributed by atoms with Crippen molar-refractivity contribution in [2.75, 3.05) is 45.9 Å². The highest BCUT2D eigenvalue weighted by molar-refractivity contribution is 6.03. The number of amides is 2. The number of benzene rings is 2. The molecule has 2 aromatic rings. The van der Waals surface area contributed by atoms with Gasteiger partial charge < -0.3 is 9.64 Å². The Morgan fingerprint density at radius 1 is 1.03 bits per heavy atom. The molecule has 0 bridgehead atoms. The molecule has 1 saturated carbocycles. The Morgan fingerprint density at radius 3 is 2.39 bits per heavy atom. The van der Waals surface area contributed by atoms with E-state index >= 15 is 0 Å². The zero-order chi connectivity index (χ0) is 26.5. The first kappa shape index (κ1) is 26.5. The molecular weight excluding hydrogens is 483 g/mol. The first-order chi connectivity index (χ1) is 18.5. The monoisotopic (exact) mass is 520 g/mol. The van der Waals surface area contributed by atoms with E-state index in [0.29, 0.717) is 26.2 Å². The molecule has 0 spiro atoms. The fraction of sp³-hybridized carbons (Fsp3) is 0.500. The molecule has 5 rings (SSSR count). The van der Waals surface area contributed by atoms with Crippen LogP contribution in [0.4, 0.5) is 4.39 Å². The van der Waals surface area contributed by atoms with E-state index in [1.54, 1.807) is 22.0 Å². The second-order valence-electron chi connectivity index (χ2n) is 10.6. The molecule has 38 heavy (non-hydrogen) atoms. The van der Waals surface area contributed by atoms with Crippen molar-refractivity contribution in [2.45, 2.75) is 45.1 Å². The molecule has 2 amide bonds. The summed E-state index contributed by atoms with van der Waals surface area (Å²) in [5, 5.41) is 6.29. The number of rotatable bonds is 8. The number of halogens is 1. The second kappa shape index (κ2) is 12.2. The van der Waals surface area contributed by atoms with Crippen LogP contribution in [0.15, 0.2) is 53.6 Å². The van der Waals surface area contributed by atoms with Crippen LogP contribution in [-0.2, 0) is 14.3 Å². The van der Waals surface area contributed by atoms with Crippen LogP contribution in [-0.4, -0.2) is 78.3 Å². The van der Waals surface area contributed by atoms with Gasteiger partial charge >= 0.3 is 0 Å². The van der Waals surface area contributed by atoms with E-state index in [9.17, 15) is 14.0 Å². The summed E-state index contributed by atoms with van der Waals surface area (Å²) in [5.41, 5.74) is 3.67. The van der Waals surface area contributed by atoms with Gasteiger partial charge in [0.2, 0.25) is 5.91 Å². The summed E-state index contributed by atoms with van der Waals surface area (Å²) < 4.78 is 19.0. The van der Waals surface area contributed by atoms with Gasteiger partial charge in [-0.15, -0.1) is 0 Å². The van der Waals surface area contributed by atoms with Crippen molar-refractivity contribution in [3.05, 3.63) is 71.0 Å². The molecule has 2 fully saturated rings. The van der Waals surface area contributed by atoms with Gasteiger partial charge in [-0.1, -0.05) is 54.8 Å². The lowest BCUT2D eigenvalue weighted by molar-refractivity contribution is -0.144. The van der Waals surface area contributed by atoms with Crippen LogP contribution >= 0.6 is 0 Å². The van der Waals surface area contributed by atoms with Crippen molar-refractivity contribution < 1.29 is 18.7 Å². The zero-order valence-electron chi connectivity index (χ0n) is 22.2. The minimum Gasteiger partial charge on any atom is -0.379 e. The summed E-state index contributed by atoms with van der Waals surface area (Å²) in [4.78, 5) is 31.4. The van der Waals surface area contributed by atoms with Crippen molar-refractivity contribution in [1.82, 2.24) is 14.8 Å². The number of carbonyl (C=O) groups excluding carboxylic acids is 2. The van der Waals surface area contributed by atoms with Crippen molar-refractivity contribution >= 4 is 17.5 Å². The van der Waals surface area contributed by atoms with E-state index in [4.69, 9.17) is 9.84 Å². The first-order valence-electron chi connectivity index (χ1n) is 13.8. The van der Waals surface area contributed by atoms with Gasteiger partial charge in [0.05, 0.1) is 25.0 Å². The normalized spacial score (nSPS) is 20.5. The van der Waals surface area contributed by atoms with Crippen LogP contribution in [0.2, 0.25) is 0 Å². The van der Waals surface area contributed by atoms with E-state index in [-0.39, 0.29) is 36.1 Å². The Balaban J connectivity index is 1.37. The van der Waals surface area contributed by atoms with Crippen LogP contribution in [0.25, 0.3) is 0 Å². The van der Waals surface area contributed by atoms with Gasteiger partial charge in [-0.2, -0.15) is 5.10 Å². The van der Waals surface area contributed by atoms with Gasteiger partial charge in [-0.3, -0.25) is 14.5 Å². The van der Waals surface area contributed by atoms with Crippen LogP contribution < -0.4 is 0 Å². The van der Waals surface area contributed by atoms with Gasteiger partial charge in [0, 0.05) is 38.5 Å². The average Bonchev–Trinajstić information content (AvgIpc) is 3.63. The summed E-state index contributed by atoms with van der Waals surface area (Å²) >= 11 is 0.